The topological polar surface area (TPSA) is 68.5 Å². The van der Waals surface area contributed by atoms with Crippen LogP contribution in [0.5, 0.6) is 0 Å². The summed E-state index contributed by atoms with van der Waals surface area (Å²) in [5.41, 5.74) is 0.880. The quantitative estimate of drug-likeness (QED) is 0.803. The number of halogens is 1. The van der Waals surface area contributed by atoms with E-state index < -0.39 is 11.9 Å². The Kier molecular flexibility index (Phi) is 3.46. The number of carbonyl (C=O) groups excluding carboxylic acids is 1. The van der Waals surface area contributed by atoms with Gasteiger partial charge in [0.1, 0.15) is 12.9 Å². The molecule has 21 heavy (non-hydrogen) atoms. The first-order chi connectivity index (χ1) is 10.2. The zero-order valence-corrected chi connectivity index (χ0v) is 10.9. The van der Waals surface area contributed by atoms with Crippen molar-refractivity contribution in [2.75, 3.05) is 5.32 Å². The van der Waals surface area contributed by atoms with E-state index in [1.807, 2.05) is 30.3 Å². The van der Waals surface area contributed by atoms with Crippen LogP contribution in [0.2, 0.25) is 0 Å². The second-order valence-corrected chi connectivity index (χ2v) is 4.26. The Balaban J connectivity index is 1.67. The molecule has 0 bridgehead atoms. The minimum Gasteiger partial charge on any atom is -0.444 e. The van der Waals surface area contributed by atoms with E-state index in [-0.39, 0.29) is 17.9 Å². The van der Waals surface area contributed by atoms with Crippen molar-refractivity contribution >= 4 is 17.4 Å². The Morgan fingerprint density at radius 1 is 1.29 bits per heavy atom. The summed E-state index contributed by atoms with van der Waals surface area (Å²) in [6, 6.07) is 10.6. The molecule has 1 N–H and O–H groups in total. The average molecular weight is 286 g/mol. The standard InChI is InChI=1S/C14H11FN4O2/c15-12-11(6-7-19-13(12)16-9-17-19)18-14(20)21-8-10-4-2-1-3-5-10/h1-7,9H,8H2,(H,18,20). The fourth-order valence-electron chi connectivity index (χ4n) is 1.82. The molecule has 0 saturated carbocycles. The van der Waals surface area contributed by atoms with E-state index in [0.29, 0.717) is 0 Å². The summed E-state index contributed by atoms with van der Waals surface area (Å²) in [4.78, 5) is 15.4. The Hall–Kier alpha value is -2.96. The minimum absolute atomic E-state index is 0.00596. The monoisotopic (exact) mass is 286 g/mol. The Bertz CT molecular complexity index is 773. The van der Waals surface area contributed by atoms with Crippen LogP contribution < -0.4 is 5.32 Å². The number of fused-ring (bicyclic) bond motifs is 1. The molecule has 3 aromatic rings. The van der Waals surface area contributed by atoms with Crippen LogP contribution in [0.3, 0.4) is 0 Å². The van der Waals surface area contributed by atoms with E-state index in [2.05, 4.69) is 15.4 Å². The van der Waals surface area contributed by atoms with Gasteiger partial charge in [-0.2, -0.15) is 5.10 Å². The van der Waals surface area contributed by atoms with Gasteiger partial charge in [0.25, 0.3) is 0 Å². The number of aromatic nitrogens is 3. The van der Waals surface area contributed by atoms with E-state index in [1.54, 1.807) is 0 Å². The first-order valence-corrected chi connectivity index (χ1v) is 6.19. The second-order valence-electron chi connectivity index (χ2n) is 4.26. The first kappa shape index (κ1) is 13.0. The number of nitrogens with one attached hydrogen (secondary N) is 1. The average Bonchev–Trinajstić information content (AvgIpc) is 2.98. The number of nitrogens with zero attached hydrogens (tertiary/aromatic N) is 3. The molecule has 3 rings (SSSR count). The van der Waals surface area contributed by atoms with Crippen molar-refractivity contribution in [1.29, 1.82) is 0 Å². The number of amides is 1. The third kappa shape index (κ3) is 2.81. The number of anilines is 1. The molecule has 6 nitrogen and oxygen atoms in total. The molecule has 0 spiro atoms. The maximum atomic E-state index is 14.0. The van der Waals surface area contributed by atoms with Gasteiger partial charge in [-0.15, -0.1) is 0 Å². The molecule has 0 saturated heterocycles. The molecular weight excluding hydrogens is 275 g/mol. The summed E-state index contributed by atoms with van der Waals surface area (Å²) in [6.07, 6.45) is 2.00. The van der Waals surface area contributed by atoms with Crippen LogP contribution in [0, 0.1) is 5.82 Å². The lowest BCUT2D eigenvalue weighted by molar-refractivity contribution is 0.155. The van der Waals surface area contributed by atoms with E-state index >= 15 is 0 Å². The number of carbonyl (C=O) groups is 1. The van der Waals surface area contributed by atoms with Gasteiger partial charge >= 0.3 is 6.09 Å². The summed E-state index contributed by atoms with van der Waals surface area (Å²) < 4.78 is 20.3. The second kappa shape index (κ2) is 5.58. The number of hydrogen-bond acceptors (Lipinski definition) is 4. The van der Waals surface area contributed by atoms with Gasteiger partial charge in [-0.25, -0.2) is 18.7 Å². The van der Waals surface area contributed by atoms with Crippen LogP contribution >= 0.6 is 0 Å². The van der Waals surface area contributed by atoms with E-state index in [4.69, 9.17) is 4.74 Å². The highest BCUT2D eigenvalue weighted by Crippen LogP contribution is 2.17. The molecule has 2 heterocycles. The highest BCUT2D eigenvalue weighted by molar-refractivity contribution is 5.85. The van der Waals surface area contributed by atoms with Crippen LogP contribution in [-0.2, 0) is 11.3 Å². The molecule has 1 aromatic carbocycles. The number of benzene rings is 1. The molecule has 0 fully saturated rings. The van der Waals surface area contributed by atoms with Crippen LogP contribution in [-0.4, -0.2) is 20.7 Å². The van der Waals surface area contributed by atoms with Crippen molar-refractivity contribution in [1.82, 2.24) is 14.6 Å². The normalized spacial score (nSPS) is 10.5. The zero-order chi connectivity index (χ0) is 14.7. The molecule has 2 aromatic heterocycles. The summed E-state index contributed by atoms with van der Waals surface area (Å²) in [7, 11) is 0. The Labute approximate surface area is 119 Å². The predicted molar refractivity (Wildman–Crippen MR) is 73.2 cm³/mol. The molecule has 7 heteroatoms. The first-order valence-electron chi connectivity index (χ1n) is 6.19. The van der Waals surface area contributed by atoms with Gasteiger partial charge in [0.2, 0.25) is 0 Å². The van der Waals surface area contributed by atoms with Crippen molar-refractivity contribution in [3.8, 4) is 0 Å². The number of ether oxygens (including phenoxy) is 1. The molecule has 0 aliphatic rings. The van der Waals surface area contributed by atoms with Gasteiger partial charge < -0.3 is 4.74 Å². The molecule has 0 atom stereocenters. The van der Waals surface area contributed by atoms with Crippen LogP contribution in [0.15, 0.2) is 48.9 Å². The number of rotatable bonds is 3. The molecule has 0 radical (unpaired) electrons. The third-order valence-electron chi connectivity index (χ3n) is 2.84. The smallest absolute Gasteiger partial charge is 0.412 e. The fourth-order valence-corrected chi connectivity index (χ4v) is 1.82. The zero-order valence-electron chi connectivity index (χ0n) is 10.9. The van der Waals surface area contributed by atoms with E-state index in [9.17, 15) is 9.18 Å². The van der Waals surface area contributed by atoms with Crippen LogP contribution in [0.4, 0.5) is 14.9 Å². The molecule has 0 aliphatic heterocycles. The summed E-state index contributed by atoms with van der Waals surface area (Å²) in [5, 5.41) is 6.14. The SMILES string of the molecule is O=C(Nc1ccn2ncnc2c1F)OCc1ccccc1. The Morgan fingerprint density at radius 3 is 2.90 bits per heavy atom. The summed E-state index contributed by atoms with van der Waals surface area (Å²) >= 11 is 0. The largest absolute Gasteiger partial charge is 0.444 e. The number of hydrogen-bond donors (Lipinski definition) is 1. The van der Waals surface area contributed by atoms with Gasteiger partial charge in [0.15, 0.2) is 11.5 Å². The minimum atomic E-state index is -0.735. The van der Waals surface area contributed by atoms with Gasteiger partial charge in [0.05, 0.1) is 5.69 Å². The third-order valence-corrected chi connectivity index (χ3v) is 2.84. The Morgan fingerprint density at radius 2 is 2.10 bits per heavy atom. The maximum absolute atomic E-state index is 14.0. The highest BCUT2D eigenvalue weighted by Gasteiger charge is 2.12. The van der Waals surface area contributed by atoms with Gasteiger partial charge in [0, 0.05) is 6.20 Å². The number of pyridine rings is 1. The van der Waals surface area contributed by atoms with Gasteiger partial charge in [-0.1, -0.05) is 30.3 Å². The fraction of sp³-hybridized carbons (Fsp3) is 0.0714. The maximum Gasteiger partial charge on any atom is 0.412 e. The molecule has 106 valence electrons. The predicted octanol–water partition coefficient (Wildman–Crippen LogP) is 2.62. The summed E-state index contributed by atoms with van der Waals surface area (Å²) in [6.45, 7) is 0.113. The van der Waals surface area contributed by atoms with E-state index in [1.165, 1.54) is 23.1 Å². The van der Waals surface area contributed by atoms with Gasteiger partial charge in [-0.3, -0.25) is 5.32 Å². The van der Waals surface area contributed by atoms with Crippen LogP contribution in [0.1, 0.15) is 5.56 Å². The molecule has 0 aliphatic carbocycles. The van der Waals surface area contributed by atoms with Crippen molar-refractivity contribution < 1.29 is 13.9 Å². The molecule has 1 amide bonds. The van der Waals surface area contributed by atoms with Crippen molar-refractivity contribution in [3.63, 3.8) is 0 Å². The van der Waals surface area contributed by atoms with Gasteiger partial charge in [-0.05, 0) is 11.6 Å². The summed E-state index contributed by atoms with van der Waals surface area (Å²) in [5.74, 6) is -0.660. The van der Waals surface area contributed by atoms with Crippen LogP contribution in [0.25, 0.3) is 5.65 Å². The van der Waals surface area contributed by atoms with E-state index in [0.717, 1.165) is 5.56 Å². The van der Waals surface area contributed by atoms with Crippen molar-refractivity contribution in [2.45, 2.75) is 6.61 Å². The lowest BCUT2D eigenvalue weighted by atomic mass is 10.2. The lowest BCUT2D eigenvalue weighted by Crippen LogP contribution is -2.15. The lowest BCUT2D eigenvalue weighted by Gasteiger charge is -2.08. The highest BCUT2D eigenvalue weighted by atomic mass is 19.1. The van der Waals surface area contributed by atoms with Crippen molar-refractivity contribution in [3.05, 3.63) is 60.3 Å². The van der Waals surface area contributed by atoms with Crippen molar-refractivity contribution in [2.24, 2.45) is 0 Å². The molecular formula is C14H11FN4O2. The molecule has 0 unspecified atom stereocenters.